The minimum absolute atomic E-state index is 0.0300. The molecular weight excluding hydrogens is 168 g/mol. The van der Waals surface area contributed by atoms with Crippen molar-refractivity contribution < 1.29 is 4.74 Å². The van der Waals surface area contributed by atoms with E-state index in [9.17, 15) is 0 Å². The Kier molecular flexibility index (Phi) is 3.50. The summed E-state index contributed by atoms with van der Waals surface area (Å²) in [4.78, 5) is 1.72. The molecule has 0 saturated carbocycles. The summed E-state index contributed by atoms with van der Waals surface area (Å²) < 4.78 is 5.45. The second-order valence-corrected chi connectivity index (χ2v) is 3.23. The molecule has 0 amide bonds. The average molecular weight is 186 g/mol. The molecule has 5 heteroatoms. The number of rotatable bonds is 2. The maximum atomic E-state index is 7.36. The largest absolute Gasteiger partial charge is 0.370 e. The Balaban J connectivity index is 2.62. The van der Waals surface area contributed by atoms with E-state index in [4.69, 9.17) is 21.6 Å². The maximum absolute atomic E-state index is 7.36. The molecule has 0 bridgehead atoms. The lowest BCUT2D eigenvalue weighted by Crippen LogP contribution is -2.57. The third kappa shape index (κ3) is 2.32. The third-order valence-electron chi connectivity index (χ3n) is 2.26. The SMILES string of the molecule is CCOC1C(N)CCCN1C(=N)N. The Hall–Kier alpha value is -0.810. The van der Waals surface area contributed by atoms with Crippen molar-refractivity contribution in [3.63, 3.8) is 0 Å². The summed E-state index contributed by atoms with van der Waals surface area (Å²) in [6, 6.07) is -0.0300. The molecule has 2 atom stereocenters. The van der Waals surface area contributed by atoms with Gasteiger partial charge in [-0.1, -0.05) is 0 Å². The van der Waals surface area contributed by atoms with Crippen molar-refractivity contribution >= 4 is 5.96 Å². The van der Waals surface area contributed by atoms with Crippen LogP contribution in [0.2, 0.25) is 0 Å². The molecule has 76 valence electrons. The fraction of sp³-hybridized carbons (Fsp3) is 0.875. The lowest BCUT2D eigenvalue weighted by atomic mass is 10.1. The molecule has 0 aromatic carbocycles. The van der Waals surface area contributed by atoms with Crippen LogP contribution in [0.15, 0.2) is 0 Å². The smallest absolute Gasteiger partial charge is 0.190 e. The van der Waals surface area contributed by atoms with E-state index in [2.05, 4.69) is 0 Å². The standard InChI is InChI=1S/C8H18N4O/c1-2-13-7-6(9)4-3-5-12(7)8(10)11/h6-7H,2-5,9H2,1H3,(H3,10,11). The van der Waals surface area contributed by atoms with Crippen molar-refractivity contribution in [2.45, 2.75) is 32.0 Å². The van der Waals surface area contributed by atoms with E-state index in [0.717, 1.165) is 19.4 Å². The number of nitrogens with one attached hydrogen (secondary N) is 1. The van der Waals surface area contributed by atoms with Crippen molar-refractivity contribution in [1.29, 1.82) is 5.41 Å². The summed E-state index contributed by atoms with van der Waals surface area (Å²) in [6.45, 7) is 3.29. The van der Waals surface area contributed by atoms with Gasteiger partial charge in [-0.3, -0.25) is 5.41 Å². The third-order valence-corrected chi connectivity index (χ3v) is 2.26. The molecule has 1 rings (SSSR count). The van der Waals surface area contributed by atoms with Crippen LogP contribution in [0.4, 0.5) is 0 Å². The van der Waals surface area contributed by atoms with Crippen LogP contribution in [0, 0.1) is 5.41 Å². The number of nitrogens with two attached hydrogens (primary N) is 2. The molecule has 1 aliphatic rings. The predicted molar refractivity (Wildman–Crippen MR) is 51.2 cm³/mol. The van der Waals surface area contributed by atoms with Crippen LogP contribution in [0.1, 0.15) is 19.8 Å². The van der Waals surface area contributed by atoms with Crippen molar-refractivity contribution in [3.05, 3.63) is 0 Å². The average Bonchev–Trinajstić information content (AvgIpc) is 2.08. The first-order chi connectivity index (χ1) is 6.16. The van der Waals surface area contributed by atoms with Crippen LogP contribution >= 0.6 is 0 Å². The number of nitrogens with zero attached hydrogens (tertiary/aromatic N) is 1. The van der Waals surface area contributed by atoms with Gasteiger partial charge in [-0.05, 0) is 19.8 Å². The van der Waals surface area contributed by atoms with Gasteiger partial charge in [0.25, 0.3) is 0 Å². The van der Waals surface area contributed by atoms with Gasteiger partial charge in [0.05, 0.1) is 0 Å². The van der Waals surface area contributed by atoms with Crippen molar-refractivity contribution in [3.8, 4) is 0 Å². The van der Waals surface area contributed by atoms with E-state index in [1.165, 1.54) is 0 Å². The Morgan fingerprint density at radius 3 is 2.92 bits per heavy atom. The zero-order chi connectivity index (χ0) is 9.84. The zero-order valence-electron chi connectivity index (χ0n) is 7.99. The first-order valence-electron chi connectivity index (χ1n) is 4.64. The van der Waals surface area contributed by atoms with Crippen LogP contribution in [0.5, 0.6) is 0 Å². The minimum Gasteiger partial charge on any atom is -0.370 e. The van der Waals surface area contributed by atoms with Gasteiger partial charge in [-0.25, -0.2) is 0 Å². The first-order valence-corrected chi connectivity index (χ1v) is 4.64. The second-order valence-electron chi connectivity index (χ2n) is 3.23. The van der Waals surface area contributed by atoms with Crippen molar-refractivity contribution in [2.24, 2.45) is 11.5 Å². The van der Waals surface area contributed by atoms with Crippen LogP contribution in [0.25, 0.3) is 0 Å². The van der Waals surface area contributed by atoms with Crippen LogP contribution in [0.3, 0.4) is 0 Å². The van der Waals surface area contributed by atoms with Gasteiger partial charge >= 0.3 is 0 Å². The molecule has 5 nitrogen and oxygen atoms in total. The number of ether oxygens (including phenoxy) is 1. The van der Waals surface area contributed by atoms with Gasteiger partial charge in [0.15, 0.2) is 5.96 Å². The van der Waals surface area contributed by atoms with Crippen molar-refractivity contribution in [2.75, 3.05) is 13.2 Å². The van der Waals surface area contributed by atoms with E-state index >= 15 is 0 Å². The van der Waals surface area contributed by atoms with E-state index in [1.54, 1.807) is 4.90 Å². The first kappa shape index (κ1) is 10.3. The number of piperidine rings is 1. The van der Waals surface area contributed by atoms with Gasteiger partial charge in [0.2, 0.25) is 0 Å². The molecule has 5 N–H and O–H groups in total. The van der Waals surface area contributed by atoms with E-state index in [-0.39, 0.29) is 18.2 Å². The van der Waals surface area contributed by atoms with E-state index in [0.29, 0.717) is 6.61 Å². The normalized spacial score (nSPS) is 28.9. The molecule has 0 aromatic heterocycles. The van der Waals surface area contributed by atoms with Crippen molar-refractivity contribution in [1.82, 2.24) is 4.90 Å². The van der Waals surface area contributed by atoms with Gasteiger partial charge in [0.1, 0.15) is 6.23 Å². The Morgan fingerprint density at radius 1 is 1.69 bits per heavy atom. The lowest BCUT2D eigenvalue weighted by Gasteiger charge is -2.39. The highest BCUT2D eigenvalue weighted by molar-refractivity contribution is 5.75. The molecule has 0 spiro atoms. The Morgan fingerprint density at radius 2 is 2.38 bits per heavy atom. The second kappa shape index (κ2) is 4.43. The molecule has 1 fully saturated rings. The minimum atomic E-state index is -0.212. The summed E-state index contributed by atoms with van der Waals surface area (Å²) in [5.41, 5.74) is 11.3. The number of guanidine groups is 1. The topological polar surface area (TPSA) is 88.4 Å². The molecule has 0 radical (unpaired) electrons. The summed E-state index contributed by atoms with van der Waals surface area (Å²) >= 11 is 0. The molecule has 0 aromatic rings. The fourth-order valence-corrected chi connectivity index (χ4v) is 1.64. The Labute approximate surface area is 78.5 Å². The maximum Gasteiger partial charge on any atom is 0.190 e. The predicted octanol–water partition coefficient (Wildman–Crippen LogP) is -0.334. The molecular formula is C8H18N4O. The number of hydrogen-bond donors (Lipinski definition) is 3. The summed E-state index contributed by atoms with van der Waals surface area (Å²) in [6.07, 6.45) is 1.70. The fourth-order valence-electron chi connectivity index (χ4n) is 1.64. The number of hydrogen-bond acceptors (Lipinski definition) is 3. The number of likely N-dealkylation sites (tertiary alicyclic amines) is 1. The molecule has 13 heavy (non-hydrogen) atoms. The summed E-state index contributed by atoms with van der Waals surface area (Å²) in [5, 5.41) is 7.36. The molecule has 1 saturated heterocycles. The van der Waals surface area contributed by atoms with Gasteiger partial charge in [-0.2, -0.15) is 0 Å². The molecule has 2 unspecified atom stereocenters. The van der Waals surface area contributed by atoms with Gasteiger partial charge in [0, 0.05) is 19.2 Å². The molecule has 1 aliphatic heterocycles. The highest BCUT2D eigenvalue weighted by Crippen LogP contribution is 2.16. The molecule has 1 heterocycles. The van der Waals surface area contributed by atoms with E-state index < -0.39 is 0 Å². The quantitative estimate of drug-likeness (QED) is 0.407. The lowest BCUT2D eigenvalue weighted by molar-refractivity contribution is -0.0540. The highest BCUT2D eigenvalue weighted by Gasteiger charge is 2.29. The van der Waals surface area contributed by atoms with Gasteiger partial charge in [-0.15, -0.1) is 0 Å². The van der Waals surface area contributed by atoms with Crippen LogP contribution in [-0.2, 0) is 4.74 Å². The van der Waals surface area contributed by atoms with Crippen LogP contribution in [-0.4, -0.2) is 36.3 Å². The van der Waals surface area contributed by atoms with Gasteiger partial charge < -0.3 is 21.1 Å². The zero-order valence-corrected chi connectivity index (χ0v) is 7.99. The van der Waals surface area contributed by atoms with Crippen LogP contribution < -0.4 is 11.5 Å². The Bertz CT molecular complexity index is 185. The monoisotopic (exact) mass is 186 g/mol. The van der Waals surface area contributed by atoms with E-state index in [1.807, 2.05) is 6.92 Å². The summed E-state index contributed by atoms with van der Waals surface area (Å²) in [5.74, 6) is 0.0496. The molecule has 0 aliphatic carbocycles. The highest BCUT2D eigenvalue weighted by atomic mass is 16.5. The summed E-state index contributed by atoms with van der Waals surface area (Å²) in [7, 11) is 0.